The lowest BCUT2D eigenvalue weighted by Gasteiger charge is -2.41. The molecule has 2 aromatic rings. The first kappa shape index (κ1) is 25.0. The fourth-order valence-electron chi connectivity index (χ4n) is 6.00. The molecule has 1 aliphatic carbocycles. The van der Waals surface area contributed by atoms with Gasteiger partial charge in [0.25, 0.3) is 5.91 Å². The summed E-state index contributed by atoms with van der Waals surface area (Å²) in [6.45, 7) is 2.25. The monoisotopic (exact) mass is 511 g/mol. The van der Waals surface area contributed by atoms with Crippen LogP contribution in [0.2, 0.25) is 5.02 Å². The van der Waals surface area contributed by atoms with E-state index in [1.807, 2.05) is 12.1 Å². The van der Waals surface area contributed by atoms with Gasteiger partial charge in [-0.1, -0.05) is 17.7 Å². The van der Waals surface area contributed by atoms with Gasteiger partial charge >= 0.3 is 0 Å². The number of amides is 2. The van der Waals surface area contributed by atoms with Crippen LogP contribution in [0.5, 0.6) is 0 Å². The van der Waals surface area contributed by atoms with E-state index >= 15 is 0 Å². The Balaban J connectivity index is 1.30. The molecule has 2 aliphatic heterocycles. The molecule has 1 saturated carbocycles. The van der Waals surface area contributed by atoms with Gasteiger partial charge in [-0.25, -0.2) is 4.98 Å². The molecule has 5 rings (SSSR count). The van der Waals surface area contributed by atoms with Crippen LogP contribution in [0.25, 0.3) is 11.1 Å². The molecule has 1 N–H and O–H groups in total. The van der Waals surface area contributed by atoms with Crippen LogP contribution >= 0.6 is 11.6 Å². The van der Waals surface area contributed by atoms with Gasteiger partial charge in [0.1, 0.15) is 11.5 Å². The van der Waals surface area contributed by atoms with Crippen LogP contribution in [-0.2, 0) is 4.79 Å². The van der Waals surface area contributed by atoms with E-state index in [2.05, 4.69) is 14.8 Å². The summed E-state index contributed by atoms with van der Waals surface area (Å²) in [6, 6.07) is 5.69. The summed E-state index contributed by atoms with van der Waals surface area (Å²) < 4.78 is 0. The molecule has 0 aromatic carbocycles. The molecule has 0 bridgehead atoms. The number of piperidine rings is 1. The molecular weight excluding hydrogens is 478 g/mol. The lowest BCUT2D eigenvalue weighted by Crippen LogP contribution is -2.50. The number of rotatable bonds is 4. The quantitative estimate of drug-likeness (QED) is 0.674. The normalized spacial score (nSPS) is 26.5. The first-order chi connectivity index (χ1) is 17.3. The van der Waals surface area contributed by atoms with Crippen LogP contribution in [0.1, 0.15) is 55.4 Å². The van der Waals surface area contributed by atoms with Crippen LogP contribution in [-0.4, -0.2) is 82.6 Å². The van der Waals surface area contributed by atoms with Crippen molar-refractivity contribution >= 4 is 29.2 Å². The molecule has 1 spiro atoms. The maximum atomic E-state index is 13.6. The minimum atomic E-state index is -0.378. The van der Waals surface area contributed by atoms with E-state index in [4.69, 9.17) is 16.6 Å². The first-order valence-corrected chi connectivity index (χ1v) is 13.2. The summed E-state index contributed by atoms with van der Waals surface area (Å²) in [7, 11) is 3.39. The van der Waals surface area contributed by atoms with E-state index in [0.29, 0.717) is 23.1 Å². The van der Waals surface area contributed by atoms with E-state index in [-0.39, 0.29) is 29.4 Å². The second-order valence-corrected chi connectivity index (χ2v) is 11.1. The van der Waals surface area contributed by atoms with Gasteiger partial charge in [0.15, 0.2) is 0 Å². The maximum absolute atomic E-state index is 13.6. The summed E-state index contributed by atoms with van der Waals surface area (Å²) >= 11 is 6.73. The molecule has 3 aliphatic rings. The number of anilines is 1. The molecule has 4 heterocycles. The van der Waals surface area contributed by atoms with Crippen molar-refractivity contribution < 1.29 is 14.7 Å². The van der Waals surface area contributed by atoms with Crippen LogP contribution in [0, 0.1) is 5.41 Å². The number of pyridine rings is 2. The number of aromatic nitrogens is 2. The van der Waals surface area contributed by atoms with Gasteiger partial charge < -0.3 is 19.8 Å². The number of hydrogen-bond donors (Lipinski definition) is 1. The zero-order valence-corrected chi connectivity index (χ0v) is 21.7. The molecule has 36 heavy (non-hydrogen) atoms. The lowest BCUT2D eigenvalue weighted by molar-refractivity contribution is -0.139. The number of aliphatic hydroxyl groups excluding tert-OH is 1. The zero-order chi connectivity index (χ0) is 25.4. The topological polar surface area (TPSA) is 89.9 Å². The van der Waals surface area contributed by atoms with Crippen molar-refractivity contribution in [3.63, 3.8) is 0 Å². The Bertz CT molecular complexity index is 1130. The molecular formula is C27H34ClN5O3. The Kier molecular flexibility index (Phi) is 6.92. The first-order valence-electron chi connectivity index (χ1n) is 12.9. The third-order valence-corrected chi connectivity index (χ3v) is 8.35. The summed E-state index contributed by atoms with van der Waals surface area (Å²) in [6.07, 6.45) is 9.25. The second-order valence-electron chi connectivity index (χ2n) is 10.7. The van der Waals surface area contributed by atoms with Crippen molar-refractivity contribution in [3.8, 4) is 11.1 Å². The molecule has 3 fully saturated rings. The zero-order valence-electron chi connectivity index (χ0n) is 21.0. The lowest BCUT2D eigenvalue weighted by atomic mass is 9.78. The Hall–Kier alpha value is -2.71. The van der Waals surface area contributed by atoms with Gasteiger partial charge in [0.2, 0.25) is 5.91 Å². The largest absolute Gasteiger partial charge is 0.393 e. The van der Waals surface area contributed by atoms with Crippen molar-refractivity contribution in [1.29, 1.82) is 0 Å². The van der Waals surface area contributed by atoms with E-state index in [0.717, 1.165) is 69.2 Å². The minimum absolute atomic E-state index is 0.145. The molecule has 192 valence electrons. The third-order valence-electron chi connectivity index (χ3n) is 8.07. The molecule has 2 aromatic heterocycles. The third kappa shape index (κ3) is 4.68. The van der Waals surface area contributed by atoms with Crippen molar-refractivity contribution in [3.05, 3.63) is 41.3 Å². The van der Waals surface area contributed by atoms with E-state index in [1.165, 1.54) is 4.90 Å². The standard InChI is InChI=1S/C27H34ClN5O3/c1-31(2)25(35)23-9-4-18(15-29-23)19-14-22(28)24(30-16-19)32-12-3-10-27(17-32)11-13-33(26(27)36)20-5-7-21(34)8-6-20/h4,9,14-16,20-21,34H,3,5-8,10-13,17H2,1-2H3/t20?,21?,27-/m0/s1. The molecule has 0 unspecified atom stereocenters. The fourth-order valence-corrected chi connectivity index (χ4v) is 6.28. The average molecular weight is 512 g/mol. The van der Waals surface area contributed by atoms with Crippen LogP contribution < -0.4 is 4.90 Å². The molecule has 2 amide bonds. The number of carbonyl (C=O) groups excluding carboxylic acids is 2. The molecule has 8 nitrogen and oxygen atoms in total. The minimum Gasteiger partial charge on any atom is -0.393 e. The van der Waals surface area contributed by atoms with E-state index in [9.17, 15) is 14.7 Å². The summed E-state index contributed by atoms with van der Waals surface area (Å²) in [5.74, 6) is 0.826. The van der Waals surface area contributed by atoms with Gasteiger partial charge in [0, 0.05) is 63.3 Å². The maximum Gasteiger partial charge on any atom is 0.271 e. The molecule has 0 radical (unpaired) electrons. The fraction of sp³-hybridized carbons (Fsp3) is 0.556. The van der Waals surface area contributed by atoms with Crippen LogP contribution in [0.4, 0.5) is 5.82 Å². The number of aliphatic hydroxyl groups is 1. The highest BCUT2D eigenvalue weighted by Gasteiger charge is 2.51. The summed E-state index contributed by atoms with van der Waals surface area (Å²) in [5.41, 5.74) is 1.67. The van der Waals surface area contributed by atoms with Gasteiger partial charge in [-0.15, -0.1) is 0 Å². The van der Waals surface area contributed by atoms with E-state index in [1.54, 1.807) is 32.6 Å². The van der Waals surface area contributed by atoms with Crippen LogP contribution in [0.15, 0.2) is 30.6 Å². The van der Waals surface area contributed by atoms with Gasteiger partial charge in [-0.05, 0) is 57.1 Å². The van der Waals surface area contributed by atoms with Gasteiger partial charge in [-0.2, -0.15) is 0 Å². The Morgan fingerprint density at radius 3 is 2.50 bits per heavy atom. The summed E-state index contributed by atoms with van der Waals surface area (Å²) in [4.78, 5) is 40.5. The predicted molar refractivity (Wildman–Crippen MR) is 139 cm³/mol. The Labute approximate surface area is 217 Å². The summed E-state index contributed by atoms with van der Waals surface area (Å²) in [5, 5.41) is 10.4. The predicted octanol–water partition coefficient (Wildman–Crippen LogP) is 3.62. The second kappa shape index (κ2) is 9.98. The van der Waals surface area contributed by atoms with Crippen molar-refractivity contribution in [2.75, 3.05) is 38.6 Å². The van der Waals surface area contributed by atoms with Crippen molar-refractivity contribution in [2.45, 2.75) is 57.1 Å². The SMILES string of the molecule is CN(C)C(=O)c1ccc(-c2cnc(N3CCC[C@]4(CCN(C5CCC(O)CC5)C4=O)C3)c(Cl)c2)cn1. The van der Waals surface area contributed by atoms with Crippen LogP contribution in [0.3, 0.4) is 0 Å². The highest BCUT2D eigenvalue weighted by molar-refractivity contribution is 6.33. The number of nitrogens with zero attached hydrogens (tertiary/aromatic N) is 5. The molecule has 9 heteroatoms. The number of likely N-dealkylation sites (tertiary alicyclic amines) is 1. The smallest absolute Gasteiger partial charge is 0.271 e. The van der Waals surface area contributed by atoms with Crippen molar-refractivity contribution in [1.82, 2.24) is 19.8 Å². The average Bonchev–Trinajstić information content (AvgIpc) is 3.19. The number of carbonyl (C=O) groups is 2. The number of hydrogen-bond acceptors (Lipinski definition) is 6. The van der Waals surface area contributed by atoms with Gasteiger partial charge in [-0.3, -0.25) is 14.6 Å². The highest BCUT2D eigenvalue weighted by Crippen LogP contribution is 2.44. The molecule has 2 saturated heterocycles. The van der Waals surface area contributed by atoms with Gasteiger partial charge in [0.05, 0.1) is 16.5 Å². The number of halogens is 1. The van der Waals surface area contributed by atoms with Crippen molar-refractivity contribution in [2.24, 2.45) is 5.41 Å². The molecule has 1 atom stereocenters. The Morgan fingerprint density at radius 1 is 1.08 bits per heavy atom. The highest BCUT2D eigenvalue weighted by atomic mass is 35.5. The van der Waals surface area contributed by atoms with E-state index < -0.39 is 0 Å². The Morgan fingerprint density at radius 2 is 1.83 bits per heavy atom.